The quantitative estimate of drug-likeness (QED) is 0.704. The van der Waals surface area contributed by atoms with E-state index in [4.69, 9.17) is 4.74 Å². The van der Waals surface area contributed by atoms with Crippen LogP contribution in [-0.2, 0) is 4.74 Å². The van der Waals surface area contributed by atoms with Gasteiger partial charge in [0.15, 0.2) is 11.6 Å². The van der Waals surface area contributed by atoms with Crippen molar-refractivity contribution in [3.8, 4) is 5.75 Å². The third-order valence-electron chi connectivity index (χ3n) is 4.89. The number of carbonyl (C=O) groups is 1. The van der Waals surface area contributed by atoms with E-state index in [1.165, 1.54) is 12.3 Å². The predicted molar refractivity (Wildman–Crippen MR) is 104 cm³/mol. The summed E-state index contributed by atoms with van der Waals surface area (Å²) in [6.45, 7) is 0.500. The van der Waals surface area contributed by atoms with Gasteiger partial charge in [-0.15, -0.1) is 0 Å². The molecule has 0 radical (unpaired) electrons. The highest BCUT2D eigenvalue weighted by Gasteiger charge is 2.25. The van der Waals surface area contributed by atoms with E-state index in [9.17, 15) is 23.1 Å². The molecule has 9 heteroatoms. The zero-order valence-corrected chi connectivity index (χ0v) is 16.8. The monoisotopic (exact) mass is 426 g/mol. The summed E-state index contributed by atoms with van der Waals surface area (Å²) >= 11 is 0. The van der Waals surface area contributed by atoms with Crippen LogP contribution in [0.2, 0.25) is 0 Å². The van der Waals surface area contributed by atoms with Crippen molar-refractivity contribution >= 4 is 16.8 Å². The molecule has 1 heterocycles. The van der Waals surface area contributed by atoms with Gasteiger partial charge in [-0.1, -0.05) is 0 Å². The fraction of sp³-hybridized carbons (Fsp3) is 0.524. The number of pyridine rings is 1. The summed E-state index contributed by atoms with van der Waals surface area (Å²) in [5.41, 5.74) is -0.377. The number of aliphatic hydroxyl groups is 1. The lowest BCUT2D eigenvalue weighted by Crippen LogP contribution is -2.40. The van der Waals surface area contributed by atoms with Crippen molar-refractivity contribution in [2.24, 2.45) is 0 Å². The number of nitrogens with zero attached hydrogens (tertiary/aromatic N) is 1. The smallest absolute Gasteiger partial charge is 0.387 e. The Morgan fingerprint density at radius 3 is 2.60 bits per heavy atom. The summed E-state index contributed by atoms with van der Waals surface area (Å²) < 4.78 is 48.4. The number of benzene rings is 1. The molecule has 1 amide bonds. The highest BCUT2D eigenvalue weighted by atomic mass is 19.3. The van der Waals surface area contributed by atoms with E-state index >= 15 is 0 Å². The van der Waals surface area contributed by atoms with Crippen molar-refractivity contribution in [2.75, 3.05) is 6.61 Å². The highest BCUT2D eigenvalue weighted by molar-refractivity contribution is 5.97. The molecule has 6 nitrogen and oxygen atoms in total. The van der Waals surface area contributed by atoms with E-state index < -0.39 is 23.8 Å². The number of amides is 1. The fourth-order valence-electron chi connectivity index (χ4n) is 3.40. The molecule has 1 aromatic heterocycles. The molecule has 0 unspecified atom stereocenters. The number of aromatic nitrogens is 1. The maximum absolute atomic E-state index is 13.9. The van der Waals surface area contributed by atoms with E-state index in [2.05, 4.69) is 15.0 Å². The highest BCUT2D eigenvalue weighted by Crippen LogP contribution is 2.26. The minimum absolute atomic E-state index is 0.0197. The van der Waals surface area contributed by atoms with E-state index in [1.54, 1.807) is 13.8 Å². The van der Waals surface area contributed by atoms with Gasteiger partial charge in [0.05, 0.1) is 29.4 Å². The molecule has 0 atom stereocenters. The molecule has 2 N–H and O–H groups in total. The molecule has 30 heavy (non-hydrogen) atoms. The molecule has 0 saturated heterocycles. The average molecular weight is 426 g/mol. The van der Waals surface area contributed by atoms with E-state index in [0.717, 1.165) is 37.8 Å². The van der Waals surface area contributed by atoms with Gasteiger partial charge in [0.25, 0.3) is 5.91 Å². The van der Waals surface area contributed by atoms with Crippen LogP contribution in [0.25, 0.3) is 10.9 Å². The third kappa shape index (κ3) is 6.06. The molecule has 1 fully saturated rings. The number of carbonyl (C=O) groups excluding carboxylic acids is 1. The number of ether oxygens (including phenoxy) is 2. The van der Waals surface area contributed by atoms with E-state index in [0.29, 0.717) is 5.39 Å². The Kier molecular flexibility index (Phi) is 6.82. The van der Waals surface area contributed by atoms with Crippen molar-refractivity contribution in [1.82, 2.24) is 10.3 Å². The number of nitrogens with one attached hydrogen (secondary N) is 1. The normalized spacial score (nSPS) is 19.8. The van der Waals surface area contributed by atoms with Gasteiger partial charge in [-0.3, -0.25) is 9.78 Å². The van der Waals surface area contributed by atoms with E-state index in [1.807, 2.05) is 0 Å². The van der Waals surface area contributed by atoms with Crippen LogP contribution in [0.4, 0.5) is 13.2 Å². The zero-order valence-electron chi connectivity index (χ0n) is 16.8. The Bertz CT molecular complexity index is 894. The van der Waals surface area contributed by atoms with Crippen molar-refractivity contribution in [2.45, 2.75) is 63.9 Å². The van der Waals surface area contributed by atoms with Gasteiger partial charge >= 0.3 is 6.61 Å². The summed E-state index contributed by atoms with van der Waals surface area (Å²) in [4.78, 5) is 16.6. The molecular weight excluding hydrogens is 401 g/mol. The summed E-state index contributed by atoms with van der Waals surface area (Å²) in [6, 6.07) is 3.54. The molecule has 164 valence electrons. The lowest BCUT2D eigenvalue weighted by molar-refractivity contribution is -0.0640. The molecule has 1 saturated carbocycles. The number of rotatable bonds is 7. The van der Waals surface area contributed by atoms with Gasteiger partial charge in [0, 0.05) is 23.7 Å². The number of hydrogen-bond donors (Lipinski definition) is 2. The van der Waals surface area contributed by atoms with E-state index in [-0.39, 0.29) is 35.7 Å². The van der Waals surface area contributed by atoms with Crippen LogP contribution in [0.1, 0.15) is 49.9 Å². The number of halogens is 3. The fourth-order valence-corrected chi connectivity index (χ4v) is 3.40. The van der Waals surface area contributed by atoms with Gasteiger partial charge in [0.1, 0.15) is 0 Å². The molecule has 2 aromatic rings. The van der Waals surface area contributed by atoms with Crippen LogP contribution in [-0.4, -0.2) is 47.0 Å². The Balaban J connectivity index is 1.59. The standard InChI is InChI=1S/C21H25F3N2O4/c1-21(2,28)11-29-15-5-3-14(4-6-15)26-19(27)13-7-12-8-16(22)18(30-20(23)24)9-17(12)25-10-13/h7-10,14-15,20,28H,3-6,11H2,1-2H3,(H,26,27)/t14-,15-. The first kappa shape index (κ1) is 22.3. The van der Waals surface area contributed by atoms with Gasteiger partial charge in [-0.05, 0) is 51.7 Å². The van der Waals surface area contributed by atoms with Crippen LogP contribution in [0.3, 0.4) is 0 Å². The second-order valence-electron chi connectivity index (χ2n) is 8.15. The molecule has 0 aliphatic heterocycles. The first-order valence-corrected chi connectivity index (χ1v) is 9.80. The number of alkyl halides is 2. The Morgan fingerprint density at radius 2 is 1.97 bits per heavy atom. The minimum atomic E-state index is -3.14. The zero-order chi connectivity index (χ0) is 21.9. The first-order chi connectivity index (χ1) is 14.1. The molecular formula is C21H25F3N2O4. The van der Waals surface area contributed by atoms with Gasteiger partial charge in [0.2, 0.25) is 0 Å². The first-order valence-electron chi connectivity index (χ1n) is 9.80. The molecule has 1 aromatic carbocycles. The minimum Gasteiger partial charge on any atom is -0.432 e. The maximum atomic E-state index is 13.9. The Labute approximate surface area is 172 Å². The van der Waals surface area contributed by atoms with Crippen LogP contribution in [0, 0.1) is 5.82 Å². The second kappa shape index (κ2) is 9.18. The van der Waals surface area contributed by atoms with Crippen LogP contribution < -0.4 is 10.1 Å². The molecule has 3 rings (SSSR count). The summed E-state index contributed by atoms with van der Waals surface area (Å²) in [6.07, 6.45) is 4.40. The SMILES string of the molecule is CC(C)(O)CO[C@H]1CC[C@H](NC(=O)c2cnc3cc(OC(F)F)c(F)cc3c2)CC1. The lowest BCUT2D eigenvalue weighted by Gasteiger charge is -2.30. The lowest BCUT2D eigenvalue weighted by atomic mass is 9.92. The van der Waals surface area contributed by atoms with Crippen LogP contribution in [0.15, 0.2) is 24.4 Å². The number of fused-ring (bicyclic) bond motifs is 1. The summed E-state index contributed by atoms with van der Waals surface area (Å²) in [5, 5.41) is 13.0. The molecule has 1 aliphatic carbocycles. The van der Waals surface area contributed by atoms with Gasteiger partial charge in [-0.25, -0.2) is 4.39 Å². The Morgan fingerprint density at radius 1 is 1.27 bits per heavy atom. The largest absolute Gasteiger partial charge is 0.432 e. The molecule has 1 aliphatic rings. The predicted octanol–water partition coefficient (Wildman–Crippen LogP) is 3.80. The van der Waals surface area contributed by atoms with Crippen molar-refractivity contribution in [3.63, 3.8) is 0 Å². The third-order valence-corrected chi connectivity index (χ3v) is 4.89. The second-order valence-corrected chi connectivity index (χ2v) is 8.15. The molecule has 0 bridgehead atoms. The van der Waals surface area contributed by atoms with Gasteiger partial charge in [-0.2, -0.15) is 8.78 Å². The number of hydrogen-bond acceptors (Lipinski definition) is 5. The van der Waals surface area contributed by atoms with Crippen LogP contribution in [0.5, 0.6) is 5.75 Å². The maximum Gasteiger partial charge on any atom is 0.387 e. The van der Waals surface area contributed by atoms with Gasteiger partial charge < -0.3 is 19.9 Å². The molecule has 0 spiro atoms. The van der Waals surface area contributed by atoms with Crippen molar-refractivity contribution in [1.29, 1.82) is 0 Å². The van der Waals surface area contributed by atoms with Crippen LogP contribution >= 0.6 is 0 Å². The van der Waals surface area contributed by atoms with Crippen molar-refractivity contribution < 1.29 is 32.5 Å². The Hall–Kier alpha value is -2.39. The summed E-state index contributed by atoms with van der Waals surface area (Å²) in [7, 11) is 0. The topological polar surface area (TPSA) is 80.7 Å². The van der Waals surface area contributed by atoms with Crippen molar-refractivity contribution in [3.05, 3.63) is 35.8 Å². The average Bonchev–Trinajstić information content (AvgIpc) is 2.66. The summed E-state index contributed by atoms with van der Waals surface area (Å²) in [5.74, 6) is -1.88.